The zero-order valence-electron chi connectivity index (χ0n) is 14.2. The van der Waals surface area contributed by atoms with E-state index in [1.807, 2.05) is 32.5 Å². The number of anilines is 1. The second kappa shape index (κ2) is 6.34. The number of nitrogens with zero attached hydrogens (tertiary/aromatic N) is 5. The molecule has 8 nitrogen and oxygen atoms in total. The van der Waals surface area contributed by atoms with Crippen LogP contribution in [0.1, 0.15) is 33.2 Å². The third-order valence-corrected chi connectivity index (χ3v) is 4.60. The van der Waals surface area contributed by atoms with Gasteiger partial charge in [0.05, 0.1) is 11.4 Å². The monoisotopic (exact) mass is 444 g/mol. The van der Waals surface area contributed by atoms with Crippen molar-refractivity contribution < 1.29 is 9.53 Å². The van der Waals surface area contributed by atoms with Gasteiger partial charge < -0.3 is 15.0 Å². The fourth-order valence-electron chi connectivity index (χ4n) is 2.81. The number of ether oxygens (including phenoxy) is 1. The van der Waals surface area contributed by atoms with E-state index in [2.05, 4.69) is 43.0 Å². The number of likely N-dealkylation sites (tertiary alicyclic amines) is 1. The number of amides is 1. The van der Waals surface area contributed by atoms with Crippen molar-refractivity contribution in [3.8, 4) is 0 Å². The van der Waals surface area contributed by atoms with Crippen LogP contribution in [0.15, 0.2) is 6.33 Å². The molecule has 0 saturated carbocycles. The maximum absolute atomic E-state index is 12.2. The molecule has 3 heterocycles. The number of halogens is 1. The van der Waals surface area contributed by atoms with Gasteiger partial charge >= 0.3 is 6.09 Å². The molecule has 130 valence electrons. The summed E-state index contributed by atoms with van der Waals surface area (Å²) >= 11 is 2.19. The van der Waals surface area contributed by atoms with Gasteiger partial charge in [0.25, 0.3) is 0 Å². The van der Waals surface area contributed by atoms with Crippen molar-refractivity contribution in [1.29, 1.82) is 0 Å². The molecule has 0 spiro atoms. The SMILES string of the molecule is CNc1ncnc2c1c(I)nn2C1CCN(C(=O)OC(C)(C)C)C1. The van der Waals surface area contributed by atoms with Gasteiger partial charge in [-0.15, -0.1) is 0 Å². The Labute approximate surface area is 154 Å². The third kappa shape index (κ3) is 3.26. The Hall–Kier alpha value is -1.65. The van der Waals surface area contributed by atoms with Gasteiger partial charge in [-0.25, -0.2) is 19.4 Å². The van der Waals surface area contributed by atoms with Crippen LogP contribution >= 0.6 is 22.6 Å². The molecular weight excluding hydrogens is 423 g/mol. The second-order valence-corrected chi connectivity index (χ2v) is 7.80. The Morgan fingerprint density at radius 3 is 2.83 bits per heavy atom. The molecule has 1 amide bonds. The zero-order chi connectivity index (χ0) is 17.5. The predicted octanol–water partition coefficient (Wildman–Crippen LogP) is 2.65. The number of fused-ring (bicyclic) bond motifs is 1. The fourth-order valence-corrected chi connectivity index (χ4v) is 3.54. The molecule has 0 bridgehead atoms. The van der Waals surface area contributed by atoms with Crippen LogP contribution in [-0.2, 0) is 4.74 Å². The average Bonchev–Trinajstić information content (AvgIpc) is 3.10. The lowest BCUT2D eigenvalue weighted by Crippen LogP contribution is -2.35. The fraction of sp³-hybridized carbons (Fsp3) is 0.600. The number of hydrogen-bond donors (Lipinski definition) is 1. The number of nitrogens with one attached hydrogen (secondary N) is 1. The van der Waals surface area contributed by atoms with E-state index in [9.17, 15) is 4.79 Å². The van der Waals surface area contributed by atoms with Crippen molar-refractivity contribution in [2.75, 3.05) is 25.5 Å². The van der Waals surface area contributed by atoms with Crippen molar-refractivity contribution in [2.45, 2.75) is 38.8 Å². The third-order valence-electron chi connectivity index (χ3n) is 3.84. The first-order valence-electron chi connectivity index (χ1n) is 7.84. The van der Waals surface area contributed by atoms with E-state index < -0.39 is 5.60 Å². The van der Waals surface area contributed by atoms with Crippen LogP contribution in [0.4, 0.5) is 10.6 Å². The van der Waals surface area contributed by atoms with E-state index in [4.69, 9.17) is 4.74 Å². The van der Waals surface area contributed by atoms with Gasteiger partial charge in [0.1, 0.15) is 21.4 Å². The van der Waals surface area contributed by atoms with E-state index in [0.717, 1.165) is 27.0 Å². The van der Waals surface area contributed by atoms with Gasteiger partial charge in [-0.1, -0.05) is 0 Å². The molecule has 3 rings (SSSR count). The first kappa shape index (κ1) is 17.2. The Kier molecular flexibility index (Phi) is 4.54. The summed E-state index contributed by atoms with van der Waals surface area (Å²) in [5.74, 6) is 0.762. The molecule has 1 unspecified atom stereocenters. The summed E-state index contributed by atoms with van der Waals surface area (Å²) < 4.78 is 8.21. The second-order valence-electron chi connectivity index (χ2n) is 6.78. The lowest BCUT2D eigenvalue weighted by atomic mass is 10.2. The minimum atomic E-state index is -0.488. The largest absolute Gasteiger partial charge is 0.444 e. The number of carbonyl (C=O) groups excluding carboxylic acids is 1. The van der Waals surface area contributed by atoms with Gasteiger partial charge in [0.15, 0.2) is 5.65 Å². The molecule has 24 heavy (non-hydrogen) atoms. The lowest BCUT2D eigenvalue weighted by Gasteiger charge is -2.24. The number of carbonyl (C=O) groups is 1. The summed E-state index contributed by atoms with van der Waals surface area (Å²) in [4.78, 5) is 22.6. The maximum atomic E-state index is 12.2. The molecule has 2 aromatic heterocycles. The molecule has 2 aromatic rings. The zero-order valence-corrected chi connectivity index (χ0v) is 16.4. The molecule has 0 aliphatic carbocycles. The van der Waals surface area contributed by atoms with Gasteiger partial charge in [0.2, 0.25) is 0 Å². The summed E-state index contributed by atoms with van der Waals surface area (Å²) in [6.07, 6.45) is 2.08. The van der Waals surface area contributed by atoms with Gasteiger partial charge in [0, 0.05) is 20.1 Å². The highest BCUT2D eigenvalue weighted by Crippen LogP contribution is 2.30. The Balaban J connectivity index is 1.84. The number of aromatic nitrogens is 4. The minimum Gasteiger partial charge on any atom is -0.444 e. The van der Waals surface area contributed by atoms with E-state index in [1.54, 1.807) is 4.90 Å². The van der Waals surface area contributed by atoms with E-state index in [0.29, 0.717) is 13.1 Å². The first-order valence-corrected chi connectivity index (χ1v) is 8.92. The van der Waals surface area contributed by atoms with Crippen LogP contribution < -0.4 is 5.32 Å². The Bertz CT molecular complexity index is 769. The maximum Gasteiger partial charge on any atom is 0.410 e. The highest BCUT2D eigenvalue weighted by Gasteiger charge is 2.32. The van der Waals surface area contributed by atoms with E-state index in [1.165, 1.54) is 6.33 Å². The van der Waals surface area contributed by atoms with Crippen LogP contribution in [0.5, 0.6) is 0 Å². The van der Waals surface area contributed by atoms with Gasteiger partial charge in [-0.05, 0) is 49.8 Å². The van der Waals surface area contributed by atoms with Crippen LogP contribution in [0.2, 0.25) is 0 Å². The summed E-state index contributed by atoms with van der Waals surface area (Å²) in [7, 11) is 1.83. The van der Waals surface area contributed by atoms with Crippen molar-refractivity contribution >= 4 is 45.5 Å². The molecule has 1 aliphatic heterocycles. The van der Waals surface area contributed by atoms with Crippen LogP contribution in [0, 0.1) is 3.70 Å². The quantitative estimate of drug-likeness (QED) is 0.718. The molecule has 9 heteroatoms. The Morgan fingerprint density at radius 1 is 1.42 bits per heavy atom. The van der Waals surface area contributed by atoms with Crippen LogP contribution in [0.3, 0.4) is 0 Å². The number of hydrogen-bond acceptors (Lipinski definition) is 6. The molecule has 0 aromatic carbocycles. The average molecular weight is 444 g/mol. The molecule has 1 atom stereocenters. The van der Waals surface area contributed by atoms with Gasteiger partial charge in [-0.2, -0.15) is 5.10 Å². The molecule has 1 saturated heterocycles. The van der Waals surface area contributed by atoms with Crippen molar-refractivity contribution in [2.24, 2.45) is 0 Å². The topological polar surface area (TPSA) is 85.2 Å². The normalized spacial score (nSPS) is 18.2. The predicted molar refractivity (Wildman–Crippen MR) is 99.0 cm³/mol. The molecule has 1 N–H and O–H groups in total. The summed E-state index contributed by atoms with van der Waals surface area (Å²) in [6.45, 7) is 6.84. The molecule has 1 aliphatic rings. The highest BCUT2D eigenvalue weighted by atomic mass is 127. The molecule has 1 fully saturated rings. The standard InChI is InChI=1S/C15H21IN6O2/c1-15(2,3)24-14(23)21-6-5-9(7-21)22-13-10(11(16)20-22)12(17-4)18-8-19-13/h8-9H,5-7H2,1-4H3,(H,17,18,19). The van der Waals surface area contributed by atoms with Crippen molar-refractivity contribution in [3.05, 3.63) is 10.0 Å². The lowest BCUT2D eigenvalue weighted by molar-refractivity contribution is 0.0288. The summed E-state index contributed by atoms with van der Waals surface area (Å²) in [5, 5.41) is 8.62. The van der Waals surface area contributed by atoms with Crippen molar-refractivity contribution in [1.82, 2.24) is 24.6 Å². The van der Waals surface area contributed by atoms with E-state index in [-0.39, 0.29) is 12.1 Å². The van der Waals surface area contributed by atoms with E-state index >= 15 is 0 Å². The smallest absolute Gasteiger partial charge is 0.410 e. The Morgan fingerprint density at radius 2 is 2.17 bits per heavy atom. The summed E-state index contributed by atoms with van der Waals surface area (Å²) in [6, 6.07) is 0.0862. The van der Waals surface area contributed by atoms with Crippen LogP contribution in [0.25, 0.3) is 11.0 Å². The molecule has 0 radical (unpaired) electrons. The van der Waals surface area contributed by atoms with Gasteiger partial charge in [-0.3, -0.25) is 0 Å². The van der Waals surface area contributed by atoms with Crippen LogP contribution in [-0.4, -0.2) is 56.5 Å². The minimum absolute atomic E-state index is 0.0862. The summed E-state index contributed by atoms with van der Waals surface area (Å²) in [5.41, 5.74) is 0.299. The number of rotatable bonds is 2. The highest BCUT2D eigenvalue weighted by molar-refractivity contribution is 14.1. The van der Waals surface area contributed by atoms with Crippen molar-refractivity contribution in [3.63, 3.8) is 0 Å². The molecular formula is C15H21IN6O2. The first-order chi connectivity index (χ1) is 11.3.